The molecule has 0 aromatic carbocycles. The number of carbonyl (C=O) groups excluding carboxylic acids is 1. The Morgan fingerprint density at radius 2 is 1.78 bits per heavy atom. The molecule has 0 unspecified atom stereocenters. The number of amides is 1. The lowest BCUT2D eigenvalue weighted by atomic mass is 9.79. The fraction of sp³-hybridized carbons (Fsp3) is 0.769. The van der Waals surface area contributed by atoms with Gasteiger partial charge in [0.1, 0.15) is 6.04 Å². The summed E-state index contributed by atoms with van der Waals surface area (Å²) in [6.07, 6.45) is 3.87. The number of aliphatic hydroxyl groups is 2. The van der Waals surface area contributed by atoms with E-state index in [0.717, 1.165) is 19.6 Å². The molecule has 0 aromatic heterocycles. The van der Waals surface area contributed by atoms with Crippen LogP contribution < -0.4 is 5.32 Å². The third-order valence-electron chi connectivity index (χ3n) is 4.47. The van der Waals surface area contributed by atoms with E-state index in [1.54, 1.807) is 0 Å². The Hall–Kier alpha value is -0.910. The molecule has 3 N–H and O–H groups in total. The van der Waals surface area contributed by atoms with E-state index in [1.165, 1.54) is 0 Å². The summed E-state index contributed by atoms with van der Waals surface area (Å²) in [7, 11) is 0. The predicted molar refractivity (Wildman–Crippen MR) is 65.7 cm³/mol. The Kier molecular flexibility index (Phi) is 3.13. The van der Waals surface area contributed by atoms with Crippen LogP contribution in [0.1, 0.15) is 12.8 Å². The molecule has 5 nitrogen and oxygen atoms in total. The van der Waals surface area contributed by atoms with Gasteiger partial charge in [0.15, 0.2) is 0 Å². The summed E-state index contributed by atoms with van der Waals surface area (Å²) in [6, 6.07) is -0.181. The van der Waals surface area contributed by atoms with E-state index in [9.17, 15) is 15.0 Å². The average Bonchev–Trinajstić information content (AvgIpc) is 2.97. The van der Waals surface area contributed by atoms with E-state index < -0.39 is 12.2 Å². The van der Waals surface area contributed by atoms with Crippen molar-refractivity contribution in [1.29, 1.82) is 0 Å². The lowest BCUT2D eigenvalue weighted by Gasteiger charge is -2.31. The quantitative estimate of drug-likeness (QED) is 0.529. The Morgan fingerprint density at radius 1 is 1.17 bits per heavy atom. The summed E-state index contributed by atoms with van der Waals surface area (Å²) < 4.78 is 0. The van der Waals surface area contributed by atoms with Crippen LogP contribution in [-0.2, 0) is 4.79 Å². The highest BCUT2D eigenvalue weighted by atomic mass is 16.3. The zero-order valence-corrected chi connectivity index (χ0v) is 10.3. The van der Waals surface area contributed by atoms with Crippen molar-refractivity contribution in [3.05, 3.63) is 12.2 Å². The normalized spacial score (nSPS) is 43.2. The SMILES string of the molecule is O=C([C@@H]1C=CCN1)N1C[C@H]2C[C@H](O)[C@H](O)C[C@H]2C1. The number of nitrogens with zero attached hydrogens (tertiary/aromatic N) is 1. The number of hydrogen-bond donors (Lipinski definition) is 3. The molecular weight excluding hydrogens is 232 g/mol. The van der Waals surface area contributed by atoms with Crippen molar-refractivity contribution in [2.45, 2.75) is 31.1 Å². The first-order chi connectivity index (χ1) is 8.65. The highest BCUT2D eigenvalue weighted by Gasteiger charge is 2.43. The molecule has 0 aromatic rings. The number of aliphatic hydroxyl groups excluding tert-OH is 2. The summed E-state index contributed by atoms with van der Waals surface area (Å²) in [5.74, 6) is 0.817. The maximum atomic E-state index is 12.2. The van der Waals surface area contributed by atoms with Gasteiger partial charge in [-0.25, -0.2) is 0 Å². The van der Waals surface area contributed by atoms with E-state index in [1.807, 2.05) is 17.1 Å². The van der Waals surface area contributed by atoms with Crippen LogP contribution in [0.25, 0.3) is 0 Å². The van der Waals surface area contributed by atoms with Gasteiger partial charge in [0, 0.05) is 19.6 Å². The second-order valence-electron chi connectivity index (χ2n) is 5.68. The second kappa shape index (κ2) is 4.64. The molecule has 18 heavy (non-hydrogen) atoms. The number of likely N-dealkylation sites (tertiary alicyclic amines) is 1. The Labute approximate surface area is 106 Å². The fourth-order valence-corrected chi connectivity index (χ4v) is 3.42. The third-order valence-corrected chi connectivity index (χ3v) is 4.47. The van der Waals surface area contributed by atoms with Crippen molar-refractivity contribution in [2.75, 3.05) is 19.6 Å². The number of carbonyl (C=O) groups is 1. The molecule has 3 rings (SSSR count). The maximum Gasteiger partial charge on any atom is 0.243 e. The first-order valence-corrected chi connectivity index (χ1v) is 6.70. The van der Waals surface area contributed by atoms with Crippen molar-refractivity contribution >= 4 is 5.91 Å². The van der Waals surface area contributed by atoms with Crippen LogP contribution in [0.2, 0.25) is 0 Å². The summed E-state index contributed by atoms with van der Waals surface area (Å²) in [6.45, 7) is 2.20. The molecule has 100 valence electrons. The lowest BCUT2D eigenvalue weighted by molar-refractivity contribution is -0.131. The lowest BCUT2D eigenvalue weighted by Crippen LogP contribution is -2.42. The molecule has 1 amide bonds. The van der Waals surface area contributed by atoms with Gasteiger partial charge in [-0.2, -0.15) is 0 Å². The van der Waals surface area contributed by atoms with Crippen molar-refractivity contribution in [2.24, 2.45) is 11.8 Å². The van der Waals surface area contributed by atoms with Crippen LogP contribution in [0, 0.1) is 11.8 Å². The van der Waals surface area contributed by atoms with Gasteiger partial charge in [0.2, 0.25) is 5.91 Å². The Morgan fingerprint density at radius 3 is 2.28 bits per heavy atom. The molecule has 1 saturated heterocycles. The molecule has 2 aliphatic heterocycles. The minimum Gasteiger partial charge on any atom is -0.390 e. The summed E-state index contributed by atoms with van der Waals surface area (Å²) in [5, 5.41) is 22.5. The predicted octanol–water partition coefficient (Wildman–Crippen LogP) is -0.895. The minimum absolute atomic E-state index is 0.127. The topological polar surface area (TPSA) is 72.8 Å². The summed E-state index contributed by atoms with van der Waals surface area (Å²) >= 11 is 0. The van der Waals surface area contributed by atoms with Crippen LogP contribution >= 0.6 is 0 Å². The van der Waals surface area contributed by atoms with Gasteiger partial charge >= 0.3 is 0 Å². The van der Waals surface area contributed by atoms with E-state index >= 15 is 0 Å². The van der Waals surface area contributed by atoms with Gasteiger partial charge in [0.05, 0.1) is 12.2 Å². The zero-order chi connectivity index (χ0) is 12.7. The third kappa shape index (κ3) is 2.06. The fourth-order valence-electron chi connectivity index (χ4n) is 3.42. The maximum absolute atomic E-state index is 12.2. The van der Waals surface area contributed by atoms with Crippen LogP contribution in [-0.4, -0.2) is 58.9 Å². The molecule has 3 aliphatic rings. The van der Waals surface area contributed by atoms with E-state index in [0.29, 0.717) is 24.7 Å². The van der Waals surface area contributed by atoms with Gasteiger partial charge in [0.25, 0.3) is 0 Å². The van der Waals surface area contributed by atoms with Gasteiger partial charge in [-0.05, 0) is 24.7 Å². The van der Waals surface area contributed by atoms with Crippen LogP contribution in [0.15, 0.2) is 12.2 Å². The first-order valence-electron chi connectivity index (χ1n) is 6.70. The number of rotatable bonds is 1. The van der Waals surface area contributed by atoms with Gasteiger partial charge in [-0.3, -0.25) is 10.1 Å². The van der Waals surface area contributed by atoms with Crippen molar-refractivity contribution in [3.63, 3.8) is 0 Å². The van der Waals surface area contributed by atoms with E-state index in [2.05, 4.69) is 5.32 Å². The summed E-state index contributed by atoms with van der Waals surface area (Å²) in [4.78, 5) is 14.1. The summed E-state index contributed by atoms with van der Waals surface area (Å²) in [5.41, 5.74) is 0. The number of hydrogen-bond acceptors (Lipinski definition) is 4. The molecule has 0 spiro atoms. The smallest absolute Gasteiger partial charge is 0.243 e. The molecule has 5 atom stereocenters. The van der Waals surface area contributed by atoms with E-state index in [-0.39, 0.29) is 11.9 Å². The Balaban J connectivity index is 1.64. The van der Waals surface area contributed by atoms with Crippen molar-refractivity contribution in [3.8, 4) is 0 Å². The molecule has 1 saturated carbocycles. The largest absolute Gasteiger partial charge is 0.390 e. The highest BCUT2D eigenvalue weighted by Crippen LogP contribution is 2.36. The number of nitrogens with one attached hydrogen (secondary N) is 1. The molecule has 2 heterocycles. The Bertz CT molecular complexity index is 353. The molecule has 2 fully saturated rings. The zero-order valence-electron chi connectivity index (χ0n) is 10.3. The average molecular weight is 252 g/mol. The van der Waals surface area contributed by atoms with Crippen LogP contribution in [0.4, 0.5) is 0 Å². The molecule has 5 heteroatoms. The molecule has 0 radical (unpaired) electrons. The first kappa shape index (κ1) is 12.1. The minimum atomic E-state index is -0.620. The van der Waals surface area contributed by atoms with Gasteiger partial charge in [-0.15, -0.1) is 0 Å². The van der Waals surface area contributed by atoms with Gasteiger partial charge in [-0.1, -0.05) is 12.2 Å². The molecule has 1 aliphatic carbocycles. The standard InChI is InChI=1S/C13H20N2O3/c16-11-4-8-6-15(7-9(8)5-12(11)17)13(18)10-2-1-3-14-10/h1-2,8-12,14,16-17H,3-7H2/t8-,9+,10-,11+,12-/m0/s1. The van der Waals surface area contributed by atoms with E-state index in [4.69, 9.17) is 0 Å². The van der Waals surface area contributed by atoms with Crippen molar-refractivity contribution < 1.29 is 15.0 Å². The van der Waals surface area contributed by atoms with Gasteiger partial charge < -0.3 is 15.1 Å². The number of fused-ring (bicyclic) bond motifs is 1. The monoisotopic (exact) mass is 252 g/mol. The molecule has 0 bridgehead atoms. The highest BCUT2D eigenvalue weighted by molar-refractivity contribution is 5.84. The second-order valence-corrected chi connectivity index (χ2v) is 5.68. The van der Waals surface area contributed by atoms with Crippen LogP contribution in [0.5, 0.6) is 0 Å². The van der Waals surface area contributed by atoms with Crippen LogP contribution in [0.3, 0.4) is 0 Å². The van der Waals surface area contributed by atoms with Crippen molar-refractivity contribution in [1.82, 2.24) is 10.2 Å². The molecular formula is C13H20N2O3.